The number of hydrogen-bond donors (Lipinski definition) is 0. The monoisotopic (exact) mass is 166 g/mol. The molecule has 2 fully saturated rings. The van der Waals surface area contributed by atoms with E-state index < -0.39 is 0 Å². The molecule has 66 valence electrons. The first-order valence-corrected chi connectivity index (χ1v) is 4.39. The average Bonchev–Trinajstić information content (AvgIpc) is 2.84. The predicted octanol–water partition coefficient (Wildman–Crippen LogP) is 1.91. The third-order valence-electron chi connectivity index (χ3n) is 2.94. The molecule has 0 N–H and O–H groups in total. The Hall–Kier alpha value is -0.790. The number of esters is 1. The van der Waals surface area contributed by atoms with E-state index in [1.165, 1.54) is 31.1 Å². The van der Waals surface area contributed by atoms with Crippen LogP contribution in [0.25, 0.3) is 0 Å². The lowest BCUT2D eigenvalue weighted by atomic mass is 10.1. The van der Waals surface area contributed by atoms with Gasteiger partial charge < -0.3 is 4.74 Å². The Morgan fingerprint density at radius 2 is 2.08 bits per heavy atom. The molecule has 2 heteroatoms. The van der Waals surface area contributed by atoms with Gasteiger partial charge in [-0.25, -0.2) is 0 Å². The highest BCUT2D eigenvalue weighted by Gasteiger charge is 2.59. The van der Waals surface area contributed by atoms with E-state index in [9.17, 15) is 4.79 Å². The second-order valence-electron chi connectivity index (χ2n) is 4.20. The lowest BCUT2D eigenvalue weighted by Gasteiger charge is -1.97. The minimum absolute atomic E-state index is 0.0607. The highest BCUT2D eigenvalue weighted by atomic mass is 16.5. The Bertz CT molecular complexity index is 268. The first kappa shape index (κ1) is 7.84. The van der Waals surface area contributed by atoms with E-state index in [0.29, 0.717) is 0 Å². The van der Waals surface area contributed by atoms with E-state index in [0.717, 1.165) is 0 Å². The number of carbonyl (C=O) groups excluding carboxylic acids is 1. The van der Waals surface area contributed by atoms with Crippen LogP contribution in [0, 0.1) is 11.3 Å². The lowest BCUT2D eigenvalue weighted by Crippen LogP contribution is -2.07. The number of rotatable bonds is 1. The molecule has 0 saturated heterocycles. The summed E-state index contributed by atoms with van der Waals surface area (Å²) in [7, 11) is 1.46. The molecule has 2 rings (SSSR count). The summed E-state index contributed by atoms with van der Waals surface area (Å²) in [4.78, 5) is 11.3. The van der Waals surface area contributed by atoms with E-state index >= 15 is 0 Å². The second kappa shape index (κ2) is 2.12. The van der Waals surface area contributed by atoms with Crippen molar-refractivity contribution in [2.45, 2.75) is 26.7 Å². The molecule has 0 heterocycles. The Kier molecular flexibility index (Phi) is 1.39. The summed E-state index contributed by atoms with van der Waals surface area (Å²) in [6, 6.07) is 0. The molecule has 12 heavy (non-hydrogen) atoms. The molecule has 1 unspecified atom stereocenters. The fourth-order valence-electron chi connectivity index (χ4n) is 2.07. The molecule has 0 spiro atoms. The second-order valence-corrected chi connectivity index (χ2v) is 4.20. The van der Waals surface area contributed by atoms with Gasteiger partial charge in [-0.05, 0) is 18.4 Å². The molecule has 0 aromatic heterocycles. The van der Waals surface area contributed by atoms with E-state index in [4.69, 9.17) is 4.74 Å². The van der Waals surface area contributed by atoms with Crippen molar-refractivity contribution in [3.63, 3.8) is 0 Å². The first-order chi connectivity index (χ1) is 5.59. The summed E-state index contributed by atoms with van der Waals surface area (Å²) in [5.41, 5.74) is 2.95. The van der Waals surface area contributed by atoms with Crippen LogP contribution < -0.4 is 0 Å². The third kappa shape index (κ3) is 0.904. The predicted molar refractivity (Wildman–Crippen MR) is 45.5 cm³/mol. The topological polar surface area (TPSA) is 26.3 Å². The van der Waals surface area contributed by atoms with E-state index in [1.54, 1.807) is 0 Å². The van der Waals surface area contributed by atoms with Crippen LogP contribution >= 0.6 is 0 Å². The minimum atomic E-state index is -0.0607. The summed E-state index contributed by atoms with van der Waals surface area (Å²) in [6.07, 6.45) is 2.40. The number of allylic oxidation sites excluding steroid dienone is 1. The Morgan fingerprint density at radius 3 is 2.50 bits per heavy atom. The lowest BCUT2D eigenvalue weighted by molar-refractivity contribution is -0.142. The molecule has 0 amide bonds. The van der Waals surface area contributed by atoms with Crippen molar-refractivity contribution >= 4 is 5.97 Å². The molecule has 1 atom stereocenters. The largest absolute Gasteiger partial charge is 0.469 e. The molecule has 2 nitrogen and oxygen atoms in total. The molecular formula is C10H14O2. The highest BCUT2D eigenvalue weighted by Crippen LogP contribution is 2.63. The SMILES string of the molecule is COC(=O)C1C(=C2CC2)C1(C)C. The number of ether oxygens (including phenoxy) is 1. The number of carbonyl (C=O) groups is 1. The van der Waals surface area contributed by atoms with Crippen molar-refractivity contribution in [2.24, 2.45) is 11.3 Å². The van der Waals surface area contributed by atoms with E-state index in [2.05, 4.69) is 13.8 Å². The zero-order valence-electron chi connectivity index (χ0n) is 7.81. The average molecular weight is 166 g/mol. The van der Waals surface area contributed by atoms with Gasteiger partial charge in [0.05, 0.1) is 13.0 Å². The third-order valence-corrected chi connectivity index (χ3v) is 2.94. The van der Waals surface area contributed by atoms with E-state index in [-0.39, 0.29) is 17.3 Å². The number of hydrogen-bond acceptors (Lipinski definition) is 2. The molecule has 2 saturated carbocycles. The normalized spacial score (nSPS) is 30.1. The molecule has 0 aromatic rings. The Balaban J connectivity index is 2.22. The van der Waals surface area contributed by atoms with Gasteiger partial charge >= 0.3 is 5.97 Å². The van der Waals surface area contributed by atoms with Gasteiger partial charge in [0.15, 0.2) is 0 Å². The molecule has 2 aliphatic rings. The van der Waals surface area contributed by atoms with Gasteiger partial charge in [-0.2, -0.15) is 0 Å². The van der Waals surface area contributed by atoms with Crippen LogP contribution in [0.15, 0.2) is 11.1 Å². The maximum atomic E-state index is 11.3. The maximum Gasteiger partial charge on any atom is 0.313 e. The van der Waals surface area contributed by atoms with Crippen molar-refractivity contribution in [3.8, 4) is 0 Å². The van der Waals surface area contributed by atoms with Crippen molar-refractivity contribution < 1.29 is 9.53 Å². The van der Waals surface area contributed by atoms with Gasteiger partial charge in [0.25, 0.3) is 0 Å². The van der Waals surface area contributed by atoms with Gasteiger partial charge in [-0.3, -0.25) is 4.79 Å². The van der Waals surface area contributed by atoms with Crippen molar-refractivity contribution in [1.82, 2.24) is 0 Å². The fourth-order valence-corrected chi connectivity index (χ4v) is 2.07. The molecule has 0 bridgehead atoms. The van der Waals surface area contributed by atoms with Crippen LogP contribution in [0.2, 0.25) is 0 Å². The van der Waals surface area contributed by atoms with Crippen LogP contribution in [0.5, 0.6) is 0 Å². The maximum absolute atomic E-state index is 11.3. The molecular weight excluding hydrogens is 152 g/mol. The van der Waals surface area contributed by atoms with Crippen LogP contribution in [0.4, 0.5) is 0 Å². The quantitative estimate of drug-likeness (QED) is 0.439. The summed E-state index contributed by atoms with van der Waals surface area (Å²) >= 11 is 0. The van der Waals surface area contributed by atoms with Gasteiger partial charge in [0, 0.05) is 5.41 Å². The van der Waals surface area contributed by atoms with Crippen LogP contribution in [-0.2, 0) is 9.53 Å². The zero-order chi connectivity index (χ0) is 8.93. The van der Waals surface area contributed by atoms with Crippen LogP contribution in [0.3, 0.4) is 0 Å². The van der Waals surface area contributed by atoms with Gasteiger partial charge in [0.2, 0.25) is 0 Å². The van der Waals surface area contributed by atoms with Gasteiger partial charge in [-0.15, -0.1) is 0 Å². The molecule has 2 aliphatic carbocycles. The standard InChI is InChI=1S/C10H14O2/c1-10(2)7(6-4-5-6)8(10)9(11)12-3/h8H,4-5H2,1-3H3. The van der Waals surface area contributed by atoms with Gasteiger partial charge in [0.1, 0.15) is 0 Å². The number of methoxy groups -OCH3 is 1. The Morgan fingerprint density at radius 1 is 1.50 bits per heavy atom. The fraction of sp³-hybridized carbons (Fsp3) is 0.700. The smallest absolute Gasteiger partial charge is 0.313 e. The van der Waals surface area contributed by atoms with Crippen molar-refractivity contribution in [3.05, 3.63) is 11.1 Å². The van der Waals surface area contributed by atoms with Gasteiger partial charge in [-0.1, -0.05) is 19.4 Å². The zero-order valence-corrected chi connectivity index (χ0v) is 7.81. The summed E-state index contributed by atoms with van der Waals surface area (Å²) in [6.45, 7) is 4.24. The first-order valence-electron chi connectivity index (χ1n) is 4.39. The van der Waals surface area contributed by atoms with Crippen LogP contribution in [-0.4, -0.2) is 13.1 Å². The van der Waals surface area contributed by atoms with Crippen molar-refractivity contribution in [1.29, 1.82) is 0 Å². The minimum Gasteiger partial charge on any atom is -0.469 e. The Labute approximate surface area is 72.6 Å². The van der Waals surface area contributed by atoms with E-state index in [1.807, 2.05) is 0 Å². The molecule has 0 aromatic carbocycles. The van der Waals surface area contributed by atoms with Crippen LogP contribution in [0.1, 0.15) is 26.7 Å². The van der Waals surface area contributed by atoms with Crippen molar-refractivity contribution in [2.75, 3.05) is 7.11 Å². The highest BCUT2D eigenvalue weighted by molar-refractivity contribution is 5.84. The summed E-state index contributed by atoms with van der Waals surface area (Å²) in [5, 5.41) is 0. The summed E-state index contributed by atoms with van der Waals surface area (Å²) < 4.78 is 4.74. The molecule has 0 aliphatic heterocycles. The summed E-state index contributed by atoms with van der Waals surface area (Å²) in [5.74, 6) is 0.00870. The molecule has 0 radical (unpaired) electrons.